The summed E-state index contributed by atoms with van der Waals surface area (Å²) in [5.41, 5.74) is 0.115. The van der Waals surface area contributed by atoms with Crippen LogP contribution in [0.25, 0.3) is 0 Å². The Hall–Kier alpha value is -1.56. The monoisotopic (exact) mass is 356 g/mol. The number of alkyl halides is 3. The van der Waals surface area contributed by atoms with E-state index in [4.69, 9.17) is 0 Å². The summed E-state index contributed by atoms with van der Waals surface area (Å²) in [5.74, 6) is 0.681. The smallest absolute Gasteiger partial charge is 0.343 e. The van der Waals surface area contributed by atoms with Crippen LogP contribution in [0, 0.1) is 5.92 Å². The van der Waals surface area contributed by atoms with Crippen molar-refractivity contribution in [1.82, 2.24) is 10.2 Å². The number of benzene rings is 1. The van der Waals surface area contributed by atoms with E-state index in [1.165, 1.54) is 12.1 Å². The molecular weight excluding hydrogens is 329 g/mol. The molecule has 6 heteroatoms. The molecule has 1 N–H and O–H groups in total. The summed E-state index contributed by atoms with van der Waals surface area (Å²) in [5, 5.41) is 3.16. The van der Waals surface area contributed by atoms with Crippen molar-refractivity contribution in [2.45, 2.75) is 44.7 Å². The Kier molecular flexibility index (Phi) is 6.87. The lowest BCUT2D eigenvalue weighted by Crippen LogP contribution is -2.39. The number of likely N-dealkylation sites (tertiary alicyclic amines) is 1. The maximum Gasteiger partial charge on any atom is 0.416 e. The summed E-state index contributed by atoms with van der Waals surface area (Å²) < 4.78 is 37.9. The van der Waals surface area contributed by atoms with Crippen molar-refractivity contribution in [2.75, 3.05) is 26.7 Å². The van der Waals surface area contributed by atoms with E-state index in [0.29, 0.717) is 12.3 Å². The normalized spacial score (nSPS) is 17.6. The summed E-state index contributed by atoms with van der Waals surface area (Å²) >= 11 is 0. The van der Waals surface area contributed by atoms with E-state index in [-0.39, 0.29) is 11.8 Å². The number of halogens is 3. The van der Waals surface area contributed by atoms with Crippen molar-refractivity contribution in [3.05, 3.63) is 35.4 Å². The predicted molar refractivity (Wildman–Crippen MR) is 92.3 cm³/mol. The topological polar surface area (TPSA) is 32.3 Å². The summed E-state index contributed by atoms with van der Waals surface area (Å²) in [7, 11) is 1.95. The average Bonchev–Trinajstić information content (AvgIpc) is 2.59. The zero-order valence-electron chi connectivity index (χ0n) is 14.9. The van der Waals surface area contributed by atoms with E-state index in [1.54, 1.807) is 0 Å². The molecule has 1 aliphatic rings. The predicted octanol–water partition coefficient (Wildman–Crippen LogP) is 4.05. The second kappa shape index (κ2) is 8.70. The van der Waals surface area contributed by atoms with Gasteiger partial charge < -0.3 is 10.2 Å². The molecule has 1 aromatic rings. The summed E-state index contributed by atoms with van der Waals surface area (Å²) in [6, 6.07) is 5.13. The van der Waals surface area contributed by atoms with Gasteiger partial charge in [-0.15, -0.1) is 0 Å². The highest BCUT2D eigenvalue weighted by Gasteiger charge is 2.30. The van der Waals surface area contributed by atoms with Crippen LogP contribution in [0.1, 0.15) is 49.7 Å². The quantitative estimate of drug-likeness (QED) is 0.834. The number of hydrogen-bond donors (Lipinski definition) is 1. The van der Waals surface area contributed by atoms with Crippen LogP contribution >= 0.6 is 0 Å². The number of rotatable bonds is 6. The zero-order chi connectivity index (χ0) is 18.4. The van der Waals surface area contributed by atoms with E-state index in [2.05, 4.69) is 5.32 Å². The van der Waals surface area contributed by atoms with E-state index >= 15 is 0 Å². The van der Waals surface area contributed by atoms with Crippen molar-refractivity contribution in [3.63, 3.8) is 0 Å². The lowest BCUT2D eigenvalue weighted by atomic mass is 9.92. The van der Waals surface area contributed by atoms with E-state index < -0.39 is 11.7 Å². The van der Waals surface area contributed by atoms with Gasteiger partial charge in [0.15, 0.2) is 0 Å². The maximum absolute atomic E-state index is 12.6. The standard InChI is InChI=1S/C19H27F3N2O/c1-14(16-3-5-17(6-4-16)19(20,21)22)13-18(25)24-11-8-15(9-12-24)7-10-23-2/h3-6,14-15,23H,7-13H2,1-2H3. The third-order valence-electron chi connectivity index (χ3n) is 5.06. The van der Waals surface area contributed by atoms with Gasteiger partial charge in [-0.2, -0.15) is 13.2 Å². The Balaban J connectivity index is 1.84. The molecule has 1 amide bonds. The van der Waals surface area contributed by atoms with Crippen molar-refractivity contribution < 1.29 is 18.0 Å². The molecule has 0 radical (unpaired) electrons. The fourth-order valence-corrected chi connectivity index (χ4v) is 3.33. The largest absolute Gasteiger partial charge is 0.416 e. The van der Waals surface area contributed by atoms with E-state index in [9.17, 15) is 18.0 Å². The molecule has 25 heavy (non-hydrogen) atoms. The second-order valence-electron chi connectivity index (χ2n) is 6.94. The molecule has 0 aromatic heterocycles. The Morgan fingerprint density at radius 1 is 1.24 bits per heavy atom. The van der Waals surface area contributed by atoms with Crippen LogP contribution in [-0.2, 0) is 11.0 Å². The van der Waals surface area contributed by atoms with Crippen LogP contribution in [0.15, 0.2) is 24.3 Å². The first-order chi connectivity index (χ1) is 11.8. The van der Waals surface area contributed by atoms with Gasteiger partial charge in [-0.3, -0.25) is 4.79 Å². The van der Waals surface area contributed by atoms with Crippen LogP contribution in [-0.4, -0.2) is 37.5 Å². The molecule has 0 spiro atoms. The molecule has 1 heterocycles. The van der Waals surface area contributed by atoms with E-state index in [1.807, 2.05) is 18.9 Å². The number of piperidine rings is 1. The fraction of sp³-hybridized carbons (Fsp3) is 0.632. The minimum Gasteiger partial charge on any atom is -0.343 e. The molecule has 2 rings (SSSR count). The summed E-state index contributed by atoms with van der Waals surface area (Å²) in [6.07, 6.45) is -0.785. The summed E-state index contributed by atoms with van der Waals surface area (Å²) in [6.45, 7) is 4.46. The minimum absolute atomic E-state index is 0.0863. The highest BCUT2D eigenvalue weighted by Crippen LogP contribution is 2.31. The number of carbonyl (C=O) groups excluding carboxylic acids is 1. The van der Waals surface area contributed by atoms with Gasteiger partial charge in [-0.25, -0.2) is 0 Å². The number of nitrogens with zero attached hydrogens (tertiary/aromatic N) is 1. The van der Waals surface area contributed by atoms with Gasteiger partial charge >= 0.3 is 6.18 Å². The zero-order valence-corrected chi connectivity index (χ0v) is 14.9. The molecule has 0 bridgehead atoms. The average molecular weight is 356 g/mol. The Bertz CT molecular complexity index is 549. The molecule has 140 valence electrons. The molecule has 1 saturated heterocycles. The van der Waals surface area contributed by atoms with Crippen LogP contribution < -0.4 is 5.32 Å². The SMILES string of the molecule is CNCCC1CCN(C(=O)CC(C)c2ccc(C(F)(F)F)cc2)CC1. The van der Waals surface area contributed by atoms with Gasteiger partial charge in [0.05, 0.1) is 5.56 Å². The highest BCUT2D eigenvalue weighted by molar-refractivity contribution is 5.77. The molecule has 0 saturated carbocycles. The second-order valence-corrected chi connectivity index (χ2v) is 6.94. The lowest BCUT2D eigenvalue weighted by Gasteiger charge is -2.32. The fourth-order valence-electron chi connectivity index (χ4n) is 3.33. The van der Waals surface area contributed by atoms with Gasteiger partial charge in [0.1, 0.15) is 0 Å². The molecule has 1 atom stereocenters. The van der Waals surface area contributed by atoms with Crippen molar-refractivity contribution in [3.8, 4) is 0 Å². The molecule has 1 unspecified atom stereocenters. The number of amides is 1. The minimum atomic E-state index is -4.32. The Morgan fingerprint density at radius 2 is 1.84 bits per heavy atom. The van der Waals surface area contributed by atoms with Gasteiger partial charge in [0.2, 0.25) is 5.91 Å². The first-order valence-corrected chi connectivity index (χ1v) is 8.90. The van der Waals surface area contributed by atoms with Crippen LogP contribution in [0.3, 0.4) is 0 Å². The van der Waals surface area contributed by atoms with Crippen LogP contribution in [0.2, 0.25) is 0 Å². The molecule has 0 aliphatic carbocycles. The van der Waals surface area contributed by atoms with E-state index in [0.717, 1.165) is 56.6 Å². The van der Waals surface area contributed by atoms with Crippen molar-refractivity contribution in [2.24, 2.45) is 5.92 Å². The molecule has 1 aromatic carbocycles. The third kappa shape index (κ3) is 5.73. The Labute approximate surface area is 147 Å². The van der Waals surface area contributed by atoms with Gasteiger partial charge in [-0.05, 0) is 62.4 Å². The number of carbonyl (C=O) groups is 1. The molecule has 1 aliphatic heterocycles. The maximum atomic E-state index is 12.6. The highest BCUT2D eigenvalue weighted by atomic mass is 19.4. The number of nitrogens with one attached hydrogen (secondary N) is 1. The first kappa shape index (κ1) is 19.8. The first-order valence-electron chi connectivity index (χ1n) is 8.90. The van der Waals surface area contributed by atoms with Gasteiger partial charge in [-0.1, -0.05) is 19.1 Å². The molecule has 1 fully saturated rings. The van der Waals surface area contributed by atoms with Gasteiger partial charge in [0, 0.05) is 19.5 Å². The van der Waals surface area contributed by atoms with Crippen molar-refractivity contribution >= 4 is 5.91 Å². The van der Waals surface area contributed by atoms with Crippen molar-refractivity contribution in [1.29, 1.82) is 0 Å². The summed E-state index contributed by atoms with van der Waals surface area (Å²) in [4.78, 5) is 14.4. The van der Waals surface area contributed by atoms with Gasteiger partial charge in [0.25, 0.3) is 0 Å². The molecular formula is C19H27F3N2O. The lowest BCUT2D eigenvalue weighted by molar-refractivity contribution is -0.137. The molecule has 3 nitrogen and oxygen atoms in total. The Morgan fingerprint density at radius 3 is 2.36 bits per heavy atom. The van der Waals surface area contributed by atoms with Crippen LogP contribution in [0.5, 0.6) is 0 Å². The van der Waals surface area contributed by atoms with Crippen LogP contribution in [0.4, 0.5) is 13.2 Å². The number of hydrogen-bond acceptors (Lipinski definition) is 2. The third-order valence-corrected chi connectivity index (χ3v) is 5.06.